The van der Waals surface area contributed by atoms with Gasteiger partial charge in [-0.3, -0.25) is 4.79 Å². The van der Waals surface area contributed by atoms with Crippen LogP contribution < -0.4 is 0 Å². The number of rotatable bonds is 2. The maximum atomic E-state index is 11.0. The van der Waals surface area contributed by atoms with Gasteiger partial charge in [-0.15, -0.1) is 0 Å². The largest absolute Gasteiger partial charge is 0.298 e. The Hall–Kier alpha value is -0.800. The smallest absolute Gasteiger partial charge is 0.150 e. The Kier molecular flexibility index (Phi) is 4.13. The van der Waals surface area contributed by atoms with Crippen LogP contribution in [0.3, 0.4) is 0 Å². The van der Waals surface area contributed by atoms with Crippen molar-refractivity contribution < 1.29 is 4.79 Å². The summed E-state index contributed by atoms with van der Waals surface area (Å²) < 4.78 is 0. The van der Waals surface area contributed by atoms with E-state index in [9.17, 15) is 4.79 Å². The van der Waals surface area contributed by atoms with Crippen molar-refractivity contribution in [2.24, 2.45) is 0 Å². The van der Waals surface area contributed by atoms with Gasteiger partial charge in [0.15, 0.2) is 6.29 Å². The number of halogens is 4. The molecule has 0 fully saturated rings. The molecule has 0 amide bonds. The van der Waals surface area contributed by atoms with Gasteiger partial charge in [-0.1, -0.05) is 46.4 Å². The minimum absolute atomic E-state index is 0.233. The molecule has 2 aromatic rings. The van der Waals surface area contributed by atoms with E-state index in [1.165, 1.54) is 18.3 Å². The summed E-state index contributed by atoms with van der Waals surface area (Å²) in [4.78, 5) is 15.0. The number of benzene rings is 1. The maximum absolute atomic E-state index is 11.0. The highest BCUT2D eigenvalue weighted by Crippen LogP contribution is 2.36. The fraction of sp³-hybridized carbons (Fsp3) is 0. The average Bonchev–Trinajstić information content (AvgIpc) is 2.34. The summed E-state index contributed by atoms with van der Waals surface area (Å²) >= 11 is 23.6. The van der Waals surface area contributed by atoms with Crippen LogP contribution in [-0.4, -0.2) is 11.3 Å². The third kappa shape index (κ3) is 2.62. The second kappa shape index (κ2) is 5.45. The first kappa shape index (κ1) is 13.6. The monoisotopic (exact) mass is 319 g/mol. The van der Waals surface area contributed by atoms with Gasteiger partial charge in [0.05, 0.1) is 15.1 Å². The molecular weight excluding hydrogens is 316 g/mol. The van der Waals surface area contributed by atoms with E-state index < -0.39 is 0 Å². The van der Waals surface area contributed by atoms with Crippen molar-refractivity contribution in [3.05, 3.63) is 50.2 Å². The zero-order valence-corrected chi connectivity index (χ0v) is 11.8. The Morgan fingerprint density at radius 2 is 1.56 bits per heavy atom. The molecule has 1 heterocycles. The number of nitrogens with zero attached hydrogens (tertiary/aromatic N) is 1. The lowest BCUT2D eigenvalue weighted by molar-refractivity contribution is 0.112. The molecule has 1 aromatic carbocycles. The Morgan fingerprint density at radius 3 is 2.22 bits per heavy atom. The van der Waals surface area contributed by atoms with E-state index in [2.05, 4.69) is 4.98 Å². The molecule has 0 unspecified atom stereocenters. The third-order valence-electron chi connectivity index (χ3n) is 2.33. The van der Waals surface area contributed by atoms with Gasteiger partial charge < -0.3 is 0 Å². The summed E-state index contributed by atoms with van der Waals surface area (Å²) in [5.74, 6) is 0. The van der Waals surface area contributed by atoms with Gasteiger partial charge in [0.1, 0.15) is 5.15 Å². The molecule has 6 heteroatoms. The van der Waals surface area contributed by atoms with E-state index in [1.54, 1.807) is 6.07 Å². The predicted octanol–water partition coefficient (Wildman–Crippen LogP) is 5.17. The highest BCUT2D eigenvalue weighted by Gasteiger charge is 2.12. The molecule has 0 radical (unpaired) electrons. The molecular formula is C12H5Cl4NO. The van der Waals surface area contributed by atoms with Crippen LogP contribution in [0.2, 0.25) is 20.2 Å². The topological polar surface area (TPSA) is 30.0 Å². The zero-order chi connectivity index (χ0) is 13.3. The number of hydrogen-bond acceptors (Lipinski definition) is 2. The van der Waals surface area contributed by atoms with Gasteiger partial charge in [0, 0.05) is 22.9 Å². The molecule has 0 aliphatic heterocycles. The van der Waals surface area contributed by atoms with Crippen LogP contribution in [-0.2, 0) is 0 Å². The van der Waals surface area contributed by atoms with Gasteiger partial charge in [-0.05, 0) is 18.2 Å². The van der Waals surface area contributed by atoms with E-state index in [-0.39, 0.29) is 5.15 Å². The molecule has 0 atom stereocenters. The molecule has 18 heavy (non-hydrogen) atoms. The molecule has 1 aromatic heterocycles. The molecule has 0 aliphatic rings. The highest BCUT2D eigenvalue weighted by molar-refractivity contribution is 6.44. The number of hydrogen-bond donors (Lipinski definition) is 0. The molecule has 0 saturated carbocycles. The number of aldehydes is 1. The molecule has 0 spiro atoms. The minimum Gasteiger partial charge on any atom is -0.298 e. The lowest BCUT2D eigenvalue weighted by atomic mass is 10.0. The first-order valence-corrected chi connectivity index (χ1v) is 6.29. The third-order valence-corrected chi connectivity index (χ3v) is 3.57. The summed E-state index contributed by atoms with van der Waals surface area (Å²) in [6, 6.07) is 4.57. The SMILES string of the molecule is O=Cc1cc(Cl)ncc1-c1cc(Cl)c(Cl)cc1Cl. The predicted molar refractivity (Wildman–Crippen MR) is 75.1 cm³/mol. The van der Waals surface area contributed by atoms with Crippen LogP contribution in [0, 0.1) is 0 Å². The van der Waals surface area contributed by atoms with Crippen LogP contribution in [0.5, 0.6) is 0 Å². The maximum Gasteiger partial charge on any atom is 0.150 e. The van der Waals surface area contributed by atoms with Crippen LogP contribution in [0.4, 0.5) is 0 Å². The fourth-order valence-corrected chi connectivity index (χ4v) is 2.31. The Bertz CT molecular complexity index is 628. The molecule has 0 N–H and O–H groups in total. The van der Waals surface area contributed by atoms with Crippen molar-refractivity contribution in [2.75, 3.05) is 0 Å². The van der Waals surface area contributed by atoms with Crippen LogP contribution >= 0.6 is 46.4 Å². The second-order valence-corrected chi connectivity index (χ2v) is 5.07. The van der Waals surface area contributed by atoms with Gasteiger partial charge in [-0.25, -0.2) is 4.98 Å². The Balaban J connectivity index is 2.69. The van der Waals surface area contributed by atoms with Gasteiger partial charge in [0.25, 0.3) is 0 Å². The Labute approximate surface area is 123 Å². The standard InChI is InChI=1S/C12H5Cl4NO/c13-9-3-11(15)10(14)2-7(9)8-4-17-12(16)1-6(8)5-18/h1-5H. The summed E-state index contributed by atoms with van der Waals surface area (Å²) in [6.45, 7) is 0. The quantitative estimate of drug-likeness (QED) is 0.434. The minimum atomic E-state index is 0.233. The first-order valence-electron chi connectivity index (χ1n) is 4.78. The normalized spacial score (nSPS) is 10.4. The number of carbonyl (C=O) groups excluding carboxylic acids is 1. The lowest BCUT2D eigenvalue weighted by Crippen LogP contribution is -1.91. The van der Waals surface area contributed by atoms with Crippen molar-refractivity contribution in [1.82, 2.24) is 4.98 Å². The van der Waals surface area contributed by atoms with Crippen molar-refractivity contribution in [2.45, 2.75) is 0 Å². The number of pyridine rings is 1. The zero-order valence-electron chi connectivity index (χ0n) is 8.75. The molecule has 0 saturated heterocycles. The van der Waals surface area contributed by atoms with Crippen molar-refractivity contribution in [1.29, 1.82) is 0 Å². The molecule has 2 nitrogen and oxygen atoms in total. The van der Waals surface area contributed by atoms with Crippen LogP contribution in [0.15, 0.2) is 24.4 Å². The van der Waals surface area contributed by atoms with Gasteiger partial charge in [-0.2, -0.15) is 0 Å². The highest BCUT2D eigenvalue weighted by atomic mass is 35.5. The van der Waals surface area contributed by atoms with Crippen molar-refractivity contribution in [3.63, 3.8) is 0 Å². The summed E-state index contributed by atoms with van der Waals surface area (Å²) in [7, 11) is 0. The molecule has 2 rings (SSSR count). The summed E-state index contributed by atoms with van der Waals surface area (Å²) in [5.41, 5.74) is 1.52. The lowest BCUT2D eigenvalue weighted by Gasteiger charge is -2.08. The molecule has 0 bridgehead atoms. The van der Waals surface area contributed by atoms with Crippen molar-refractivity contribution >= 4 is 52.7 Å². The number of aromatic nitrogens is 1. The van der Waals surface area contributed by atoms with E-state index in [4.69, 9.17) is 46.4 Å². The van der Waals surface area contributed by atoms with Gasteiger partial charge in [0.2, 0.25) is 0 Å². The Morgan fingerprint density at radius 1 is 0.889 bits per heavy atom. The molecule has 0 aliphatic carbocycles. The van der Waals surface area contributed by atoms with Gasteiger partial charge >= 0.3 is 0 Å². The van der Waals surface area contributed by atoms with Crippen LogP contribution in [0.1, 0.15) is 10.4 Å². The fourth-order valence-electron chi connectivity index (χ4n) is 1.50. The van der Waals surface area contributed by atoms with Crippen LogP contribution in [0.25, 0.3) is 11.1 Å². The second-order valence-electron chi connectivity index (χ2n) is 3.46. The van der Waals surface area contributed by atoms with E-state index in [1.807, 2.05) is 0 Å². The average molecular weight is 321 g/mol. The number of carbonyl (C=O) groups is 1. The van der Waals surface area contributed by atoms with Crippen molar-refractivity contribution in [3.8, 4) is 11.1 Å². The van der Waals surface area contributed by atoms with E-state index in [0.717, 1.165) is 0 Å². The summed E-state index contributed by atoms with van der Waals surface area (Å²) in [5, 5.41) is 1.32. The summed E-state index contributed by atoms with van der Waals surface area (Å²) in [6.07, 6.45) is 2.15. The molecule has 92 valence electrons. The van der Waals surface area contributed by atoms with E-state index >= 15 is 0 Å². The first-order chi connectivity index (χ1) is 8.52. The van der Waals surface area contributed by atoms with E-state index in [0.29, 0.717) is 38.0 Å².